The summed E-state index contributed by atoms with van der Waals surface area (Å²) in [6.07, 6.45) is 10.0. The Hall–Kier alpha value is -2.67. The van der Waals surface area contributed by atoms with E-state index in [4.69, 9.17) is 4.98 Å². The van der Waals surface area contributed by atoms with Gasteiger partial charge < -0.3 is 15.1 Å². The number of fused-ring (bicyclic) bond motifs is 1. The van der Waals surface area contributed by atoms with Crippen molar-refractivity contribution in [3.63, 3.8) is 0 Å². The van der Waals surface area contributed by atoms with Crippen LogP contribution in [-0.2, 0) is 0 Å². The van der Waals surface area contributed by atoms with Crippen LogP contribution in [-0.4, -0.2) is 57.9 Å². The van der Waals surface area contributed by atoms with Gasteiger partial charge in [-0.15, -0.1) is 0 Å². The fourth-order valence-corrected chi connectivity index (χ4v) is 4.44. The summed E-state index contributed by atoms with van der Waals surface area (Å²) in [5, 5.41) is 8.98. The first-order valence-electron chi connectivity index (χ1n) is 10.8. The van der Waals surface area contributed by atoms with Gasteiger partial charge in [0.1, 0.15) is 0 Å². The molecule has 2 aromatic heterocycles. The van der Waals surface area contributed by atoms with Crippen molar-refractivity contribution in [2.45, 2.75) is 38.1 Å². The molecule has 0 spiro atoms. The zero-order chi connectivity index (χ0) is 19.6. The first kappa shape index (κ1) is 18.4. The summed E-state index contributed by atoms with van der Waals surface area (Å²) < 4.78 is 2.11. The van der Waals surface area contributed by atoms with E-state index in [1.54, 1.807) is 0 Å². The molecule has 29 heavy (non-hydrogen) atoms. The molecule has 7 heteroatoms. The van der Waals surface area contributed by atoms with Gasteiger partial charge in [0.2, 0.25) is 5.95 Å². The lowest BCUT2D eigenvalue weighted by atomic mass is 9.96. The Morgan fingerprint density at radius 1 is 0.931 bits per heavy atom. The predicted octanol–water partition coefficient (Wildman–Crippen LogP) is 3.83. The van der Waals surface area contributed by atoms with Crippen LogP contribution < -0.4 is 10.2 Å². The number of nitrogens with one attached hydrogen (secondary N) is 1. The number of rotatable bonds is 4. The van der Waals surface area contributed by atoms with Crippen LogP contribution in [0.1, 0.15) is 38.1 Å². The van der Waals surface area contributed by atoms with Gasteiger partial charge in [0.05, 0.1) is 17.6 Å². The summed E-state index contributed by atoms with van der Waals surface area (Å²) in [7, 11) is 2.18. The zero-order valence-corrected chi connectivity index (χ0v) is 17.1. The minimum absolute atomic E-state index is 0.465. The second kappa shape index (κ2) is 7.99. The maximum absolute atomic E-state index is 4.79. The Morgan fingerprint density at radius 3 is 2.45 bits per heavy atom. The second-order valence-electron chi connectivity index (χ2n) is 8.32. The molecule has 152 valence electrons. The Balaban J connectivity index is 1.32. The molecule has 2 aliphatic rings. The van der Waals surface area contributed by atoms with Crippen LogP contribution in [0.5, 0.6) is 0 Å². The smallest absolute Gasteiger partial charge is 0.229 e. The van der Waals surface area contributed by atoms with E-state index in [1.165, 1.54) is 37.8 Å². The Bertz CT molecular complexity index is 951. The first-order valence-corrected chi connectivity index (χ1v) is 10.8. The summed E-state index contributed by atoms with van der Waals surface area (Å²) in [6, 6.07) is 9.04. The predicted molar refractivity (Wildman–Crippen MR) is 117 cm³/mol. The third-order valence-electron chi connectivity index (χ3n) is 6.25. The van der Waals surface area contributed by atoms with E-state index in [1.807, 2.05) is 12.4 Å². The van der Waals surface area contributed by atoms with Gasteiger partial charge in [-0.2, -0.15) is 10.1 Å². The zero-order valence-electron chi connectivity index (χ0n) is 17.1. The molecule has 0 radical (unpaired) electrons. The SMILES string of the molecule is CN1CCN(c2ccc(Nc3ncc4cnn(C5CCCCC5)c4n3)cc2)CC1. The molecule has 3 aromatic rings. The average Bonchev–Trinajstić information content (AvgIpc) is 3.19. The molecule has 1 aliphatic carbocycles. The molecule has 3 heterocycles. The number of anilines is 3. The van der Waals surface area contributed by atoms with Crippen LogP contribution in [0.2, 0.25) is 0 Å². The number of benzene rings is 1. The van der Waals surface area contributed by atoms with E-state index in [9.17, 15) is 0 Å². The molecule has 1 N–H and O–H groups in total. The van der Waals surface area contributed by atoms with Crippen LogP contribution in [0.4, 0.5) is 17.3 Å². The number of piperazine rings is 1. The Morgan fingerprint density at radius 2 is 1.69 bits per heavy atom. The van der Waals surface area contributed by atoms with Gasteiger partial charge in [-0.05, 0) is 44.2 Å². The van der Waals surface area contributed by atoms with Crippen LogP contribution >= 0.6 is 0 Å². The number of hydrogen-bond donors (Lipinski definition) is 1. The fraction of sp³-hybridized carbons (Fsp3) is 0.500. The van der Waals surface area contributed by atoms with Crippen LogP contribution in [0, 0.1) is 0 Å². The Labute approximate surface area is 171 Å². The maximum Gasteiger partial charge on any atom is 0.229 e. The van der Waals surface area contributed by atoms with Crippen LogP contribution in [0.25, 0.3) is 11.0 Å². The molecule has 2 fully saturated rings. The molecule has 0 atom stereocenters. The lowest BCUT2D eigenvalue weighted by Gasteiger charge is -2.34. The minimum Gasteiger partial charge on any atom is -0.369 e. The van der Waals surface area contributed by atoms with E-state index < -0.39 is 0 Å². The van der Waals surface area contributed by atoms with Crippen molar-refractivity contribution in [2.75, 3.05) is 43.4 Å². The molecular formula is C22H29N7. The summed E-state index contributed by atoms with van der Waals surface area (Å²) in [5.74, 6) is 0.627. The lowest BCUT2D eigenvalue weighted by molar-refractivity contribution is 0.313. The highest BCUT2D eigenvalue weighted by Crippen LogP contribution is 2.30. The summed E-state index contributed by atoms with van der Waals surface area (Å²) in [5.41, 5.74) is 3.21. The average molecular weight is 392 g/mol. The fourth-order valence-electron chi connectivity index (χ4n) is 4.44. The molecule has 1 saturated carbocycles. The topological polar surface area (TPSA) is 62.1 Å². The van der Waals surface area contributed by atoms with Crippen molar-refractivity contribution in [1.29, 1.82) is 0 Å². The molecule has 1 aliphatic heterocycles. The van der Waals surface area contributed by atoms with Crippen molar-refractivity contribution in [1.82, 2.24) is 24.6 Å². The third-order valence-corrected chi connectivity index (χ3v) is 6.25. The minimum atomic E-state index is 0.465. The van der Waals surface area contributed by atoms with E-state index in [2.05, 4.69) is 61.2 Å². The van der Waals surface area contributed by atoms with Crippen molar-refractivity contribution in [2.24, 2.45) is 0 Å². The highest BCUT2D eigenvalue weighted by Gasteiger charge is 2.19. The lowest BCUT2D eigenvalue weighted by Crippen LogP contribution is -2.44. The molecule has 1 aromatic carbocycles. The molecule has 5 rings (SSSR count). The van der Waals surface area contributed by atoms with Gasteiger partial charge in [-0.3, -0.25) is 0 Å². The molecule has 0 amide bonds. The highest BCUT2D eigenvalue weighted by molar-refractivity contribution is 5.75. The normalized spacial score (nSPS) is 19.0. The van der Waals surface area contributed by atoms with Crippen molar-refractivity contribution in [3.05, 3.63) is 36.7 Å². The largest absolute Gasteiger partial charge is 0.369 e. The van der Waals surface area contributed by atoms with Gasteiger partial charge in [-0.25, -0.2) is 9.67 Å². The summed E-state index contributed by atoms with van der Waals surface area (Å²) in [4.78, 5) is 14.1. The van der Waals surface area contributed by atoms with E-state index >= 15 is 0 Å². The number of likely N-dealkylation sites (N-methyl/N-ethyl adjacent to an activating group) is 1. The first-order chi connectivity index (χ1) is 14.3. The molecule has 1 saturated heterocycles. The second-order valence-corrected chi connectivity index (χ2v) is 8.32. The van der Waals surface area contributed by atoms with Gasteiger partial charge >= 0.3 is 0 Å². The van der Waals surface area contributed by atoms with Crippen LogP contribution in [0.3, 0.4) is 0 Å². The quantitative estimate of drug-likeness (QED) is 0.729. The monoisotopic (exact) mass is 391 g/mol. The third kappa shape index (κ3) is 3.92. The van der Waals surface area contributed by atoms with E-state index in [0.29, 0.717) is 12.0 Å². The number of aromatic nitrogens is 4. The van der Waals surface area contributed by atoms with Crippen molar-refractivity contribution < 1.29 is 0 Å². The van der Waals surface area contributed by atoms with Gasteiger partial charge in [0.15, 0.2) is 5.65 Å². The maximum atomic E-state index is 4.79. The van der Waals surface area contributed by atoms with Crippen molar-refractivity contribution in [3.8, 4) is 0 Å². The van der Waals surface area contributed by atoms with E-state index in [0.717, 1.165) is 42.9 Å². The standard InChI is InChI=1S/C22H29N7/c1-27-11-13-28(14-12-27)19-9-7-18(8-10-19)25-22-23-15-17-16-24-29(21(17)26-22)20-5-3-2-4-6-20/h7-10,15-16,20H,2-6,11-14H2,1H3,(H,23,25,26). The molecule has 7 nitrogen and oxygen atoms in total. The Kier molecular flexibility index (Phi) is 5.06. The van der Waals surface area contributed by atoms with E-state index in [-0.39, 0.29) is 0 Å². The molecule has 0 bridgehead atoms. The van der Waals surface area contributed by atoms with Gasteiger partial charge in [-0.1, -0.05) is 19.3 Å². The van der Waals surface area contributed by atoms with Crippen molar-refractivity contribution >= 4 is 28.4 Å². The molecular weight excluding hydrogens is 362 g/mol. The van der Waals surface area contributed by atoms with Gasteiger partial charge in [0.25, 0.3) is 0 Å². The molecule has 0 unspecified atom stereocenters. The van der Waals surface area contributed by atoms with Crippen LogP contribution in [0.15, 0.2) is 36.7 Å². The number of hydrogen-bond acceptors (Lipinski definition) is 6. The number of nitrogens with zero attached hydrogens (tertiary/aromatic N) is 6. The van der Waals surface area contributed by atoms with Gasteiger partial charge in [0, 0.05) is 43.8 Å². The summed E-state index contributed by atoms with van der Waals surface area (Å²) in [6.45, 7) is 4.38. The highest BCUT2D eigenvalue weighted by atomic mass is 15.3. The summed E-state index contributed by atoms with van der Waals surface area (Å²) >= 11 is 0.